The molecule has 0 aromatic carbocycles. The van der Waals surface area contributed by atoms with Gasteiger partial charge in [-0.15, -0.1) is 0 Å². The van der Waals surface area contributed by atoms with Gasteiger partial charge in [0, 0.05) is 0 Å². The zero-order chi connectivity index (χ0) is 7.28. The highest BCUT2D eigenvalue weighted by Crippen LogP contribution is 1.74. The van der Waals surface area contributed by atoms with Gasteiger partial charge >= 0.3 is 6.02 Å². The summed E-state index contributed by atoms with van der Waals surface area (Å²) in [5, 5.41) is 10.4. The Morgan fingerprint density at radius 2 is 2.44 bits per heavy atom. The second kappa shape index (κ2) is 3.71. The molecule has 0 bridgehead atoms. The smallest absolute Gasteiger partial charge is 0.321 e. The number of ketones is 1. The first-order valence-electron chi connectivity index (χ1n) is 2.26. The van der Waals surface area contributed by atoms with Crippen LogP contribution in [0.1, 0.15) is 6.92 Å². The molecule has 0 saturated carbocycles. The van der Waals surface area contributed by atoms with Crippen molar-refractivity contribution in [3.05, 3.63) is 0 Å². The average molecular weight is 132 g/mol. The summed E-state index contributed by atoms with van der Waals surface area (Å²) in [6.45, 7) is 1.18. The minimum absolute atomic E-state index is 0.157. The van der Waals surface area contributed by atoms with Crippen molar-refractivity contribution in [2.75, 3.05) is 6.61 Å². The second-order valence-corrected chi connectivity index (χ2v) is 1.43. The Hall–Kier alpha value is -1.26. The Labute approximate surface area is 52.1 Å². The van der Waals surface area contributed by atoms with Crippen LogP contribution >= 0.6 is 0 Å². The Kier molecular flexibility index (Phi) is 3.19. The maximum Gasteiger partial charge on any atom is 0.321 e. The van der Waals surface area contributed by atoms with Crippen molar-refractivity contribution in [2.24, 2.45) is 10.9 Å². The number of ether oxygens (including phenoxy) is 1. The Balaban J connectivity index is 3.39. The number of oxime groups is 1. The van der Waals surface area contributed by atoms with Gasteiger partial charge in [-0.2, -0.15) is 0 Å². The quantitative estimate of drug-likeness (QED) is 0.225. The summed E-state index contributed by atoms with van der Waals surface area (Å²) in [6.07, 6.45) is 0. The van der Waals surface area contributed by atoms with E-state index in [1.807, 2.05) is 0 Å². The molecule has 0 spiro atoms. The standard InChI is InChI=1S/C4H8N2O3/c1-3(7)2-9-4(5)6-8/h8H,2H2,1H3,(H2,5,6). The van der Waals surface area contributed by atoms with Crippen molar-refractivity contribution in [3.8, 4) is 0 Å². The van der Waals surface area contributed by atoms with E-state index >= 15 is 0 Å². The number of nitrogens with zero attached hydrogens (tertiary/aromatic N) is 1. The van der Waals surface area contributed by atoms with E-state index in [1.54, 1.807) is 0 Å². The molecule has 0 aliphatic rings. The van der Waals surface area contributed by atoms with Gasteiger partial charge in [-0.25, -0.2) is 0 Å². The molecule has 0 aromatic rings. The number of rotatable bonds is 2. The Morgan fingerprint density at radius 1 is 1.89 bits per heavy atom. The first-order chi connectivity index (χ1) is 4.16. The molecule has 0 radical (unpaired) electrons. The van der Waals surface area contributed by atoms with Crippen LogP contribution in [0.4, 0.5) is 0 Å². The molecule has 3 N–H and O–H groups in total. The second-order valence-electron chi connectivity index (χ2n) is 1.43. The van der Waals surface area contributed by atoms with Gasteiger partial charge in [0.15, 0.2) is 5.78 Å². The van der Waals surface area contributed by atoms with Gasteiger partial charge in [-0.1, -0.05) is 0 Å². The Morgan fingerprint density at radius 3 is 2.78 bits per heavy atom. The highest BCUT2D eigenvalue weighted by molar-refractivity contribution is 5.80. The van der Waals surface area contributed by atoms with Gasteiger partial charge < -0.3 is 15.7 Å². The molecule has 5 nitrogen and oxygen atoms in total. The number of carbonyl (C=O) groups excluding carboxylic acids is 1. The predicted molar refractivity (Wildman–Crippen MR) is 30.0 cm³/mol. The van der Waals surface area contributed by atoms with Crippen molar-refractivity contribution in [3.63, 3.8) is 0 Å². The minimum Gasteiger partial charge on any atom is -0.455 e. The molecule has 0 rings (SSSR count). The molecule has 9 heavy (non-hydrogen) atoms. The predicted octanol–water partition coefficient (Wildman–Crippen LogP) is -0.704. The van der Waals surface area contributed by atoms with E-state index in [9.17, 15) is 4.79 Å². The number of carbonyl (C=O) groups is 1. The van der Waals surface area contributed by atoms with Crippen LogP contribution in [0.15, 0.2) is 5.16 Å². The molecular weight excluding hydrogens is 124 g/mol. The van der Waals surface area contributed by atoms with E-state index in [0.29, 0.717) is 0 Å². The van der Waals surface area contributed by atoms with Crippen LogP contribution in [0.2, 0.25) is 0 Å². The fraction of sp³-hybridized carbons (Fsp3) is 0.500. The van der Waals surface area contributed by atoms with Crippen LogP contribution in [0.25, 0.3) is 0 Å². The lowest BCUT2D eigenvalue weighted by molar-refractivity contribution is -0.119. The summed E-state index contributed by atoms with van der Waals surface area (Å²) in [6, 6.07) is -0.398. The number of hydrogen-bond acceptors (Lipinski definition) is 4. The molecular formula is C4H8N2O3. The summed E-state index contributed by atoms with van der Waals surface area (Å²) in [7, 11) is 0. The monoisotopic (exact) mass is 132 g/mol. The zero-order valence-corrected chi connectivity index (χ0v) is 5.00. The summed E-state index contributed by atoms with van der Waals surface area (Å²) in [4.78, 5) is 10.1. The van der Waals surface area contributed by atoms with Gasteiger partial charge in [-0.3, -0.25) is 4.79 Å². The molecule has 5 heteroatoms. The van der Waals surface area contributed by atoms with E-state index in [2.05, 4.69) is 9.89 Å². The van der Waals surface area contributed by atoms with Crippen molar-refractivity contribution >= 4 is 11.8 Å². The molecule has 0 amide bonds. The van der Waals surface area contributed by atoms with Crippen molar-refractivity contribution in [1.29, 1.82) is 0 Å². The van der Waals surface area contributed by atoms with Gasteiger partial charge in [0.25, 0.3) is 0 Å². The van der Waals surface area contributed by atoms with Crippen LogP contribution in [-0.4, -0.2) is 23.6 Å². The van der Waals surface area contributed by atoms with Crippen LogP contribution in [-0.2, 0) is 9.53 Å². The number of amidine groups is 1. The molecule has 0 aromatic heterocycles. The van der Waals surface area contributed by atoms with E-state index in [0.717, 1.165) is 0 Å². The van der Waals surface area contributed by atoms with Gasteiger partial charge in [0.1, 0.15) is 6.61 Å². The Bertz CT molecular complexity index is 132. The fourth-order valence-electron chi connectivity index (χ4n) is 0.204. The SMILES string of the molecule is CC(=O)COC(N)=NO. The number of hydrogen-bond donors (Lipinski definition) is 2. The largest absolute Gasteiger partial charge is 0.455 e. The van der Waals surface area contributed by atoms with Crippen LogP contribution < -0.4 is 5.73 Å². The van der Waals surface area contributed by atoms with Gasteiger partial charge in [-0.05, 0) is 12.1 Å². The molecule has 0 aliphatic carbocycles. The lowest BCUT2D eigenvalue weighted by Crippen LogP contribution is -2.19. The van der Waals surface area contributed by atoms with E-state index in [4.69, 9.17) is 10.9 Å². The summed E-state index contributed by atoms with van der Waals surface area (Å²) in [5.74, 6) is -0.179. The topological polar surface area (TPSA) is 84.9 Å². The average Bonchev–Trinajstić information content (AvgIpc) is 1.83. The molecule has 0 heterocycles. The fourth-order valence-corrected chi connectivity index (χ4v) is 0.204. The van der Waals surface area contributed by atoms with E-state index < -0.39 is 6.02 Å². The first kappa shape index (κ1) is 7.74. The summed E-state index contributed by atoms with van der Waals surface area (Å²) in [5.41, 5.74) is 4.85. The van der Waals surface area contributed by atoms with Crippen LogP contribution in [0.3, 0.4) is 0 Å². The zero-order valence-electron chi connectivity index (χ0n) is 5.00. The third-order valence-corrected chi connectivity index (χ3v) is 0.522. The van der Waals surface area contributed by atoms with Crippen molar-refractivity contribution in [2.45, 2.75) is 6.92 Å². The van der Waals surface area contributed by atoms with E-state index in [1.165, 1.54) is 6.92 Å². The lowest BCUT2D eigenvalue weighted by atomic mass is 10.5. The molecule has 0 saturated heterocycles. The molecule has 0 aliphatic heterocycles. The highest BCUT2D eigenvalue weighted by Gasteiger charge is 1.94. The van der Waals surface area contributed by atoms with Crippen molar-refractivity contribution in [1.82, 2.24) is 0 Å². The van der Waals surface area contributed by atoms with Crippen molar-refractivity contribution < 1.29 is 14.7 Å². The molecule has 0 atom stereocenters. The first-order valence-corrected chi connectivity index (χ1v) is 2.26. The normalized spacial score (nSPS) is 11.0. The third kappa shape index (κ3) is 4.60. The molecule has 52 valence electrons. The van der Waals surface area contributed by atoms with Gasteiger partial charge in [0.2, 0.25) is 0 Å². The molecule has 0 fully saturated rings. The molecule has 0 unspecified atom stereocenters. The lowest BCUT2D eigenvalue weighted by Gasteiger charge is -1.97. The van der Waals surface area contributed by atoms with Crippen LogP contribution in [0, 0.1) is 0 Å². The highest BCUT2D eigenvalue weighted by atomic mass is 16.5. The third-order valence-electron chi connectivity index (χ3n) is 0.522. The maximum atomic E-state index is 10.1. The number of nitrogens with two attached hydrogens (primary N) is 1. The van der Waals surface area contributed by atoms with Gasteiger partial charge in [0.05, 0.1) is 0 Å². The minimum atomic E-state index is -0.398. The number of Topliss-reactive ketones (excluding diaryl/α,β-unsaturated/α-hetero) is 1. The van der Waals surface area contributed by atoms with Crippen LogP contribution in [0.5, 0.6) is 0 Å². The summed E-state index contributed by atoms with van der Waals surface area (Å²) >= 11 is 0. The summed E-state index contributed by atoms with van der Waals surface area (Å²) < 4.78 is 4.38. The van der Waals surface area contributed by atoms with E-state index in [-0.39, 0.29) is 12.4 Å². The maximum absolute atomic E-state index is 10.1.